The summed E-state index contributed by atoms with van der Waals surface area (Å²) in [6.45, 7) is -0.312. The van der Waals surface area contributed by atoms with Crippen LogP contribution in [-0.4, -0.2) is 69.4 Å². The number of aromatic nitrogens is 2. The highest BCUT2D eigenvalue weighted by Crippen LogP contribution is 2.39. The average Bonchev–Trinajstić information content (AvgIpc) is 3.59. The summed E-state index contributed by atoms with van der Waals surface area (Å²) < 4.78 is 16.7. The molecule has 2 aromatic carbocycles. The van der Waals surface area contributed by atoms with Gasteiger partial charge in [-0.2, -0.15) is 4.98 Å². The normalized spacial score (nSPS) is 24.8. The van der Waals surface area contributed by atoms with Crippen LogP contribution in [0.2, 0.25) is 5.02 Å². The van der Waals surface area contributed by atoms with Crippen molar-refractivity contribution < 1.29 is 28.4 Å². The van der Waals surface area contributed by atoms with Crippen molar-refractivity contribution in [2.45, 2.75) is 37.6 Å². The highest BCUT2D eigenvalue weighted by Gasteiger charge is 2.53. The Morgan fingerprint density at radius 2 is 1.76 bits per heavy atom. The molecule has 0 bridgehead atoms. The lowest BCUT2D eigenvalue weighted by Gasteiger charge is -2.48. The van der Waals surface area contributed by atoms with Gasteiger partial charge in [-0.1, -0.05) is 47.1 Å². The molecule has 4 unspecified atom stereocenters. The van der Waals surface area contributed by atoms with Gasteiger partial charge in [0, 0.05) is 22.3 Å². The van der Waals surface area contributed by atoms with Crippen LogP contribution in [0.25, 0.3) is 11.4 Å². The number of nitrogens with one attached hydrogen (secondary N) is 1. The van der Waals surface area contributed by atoms with Gasteiger partial charge >= 0.3 is 6.03 Å². The van der Waals surface area contributed by atoms with Crippen molar-refractivity contribution in [3.63, 3.8) is 0 Å². The maximum atomic E-state index is 13.7. The van der Waals surface area contributed by atoms with Crippen LogP contribution < -0.4 is 5.32 Å². The number of imide groups is 1. The van der Waals surface area contributed by atoms with Crippen LogP contribution in [0.1, 0.15) is 18.7 Å². The van der Waals surface area contributed by atoms with Crippen molar-refractivity contribution in [1.29, 1.82) is 0 Å². The Morgan fingerprint density at radius 1 is 1.03 bits per heavy atom. The number of carbonyl (C=O) groups is 3. The Kier molecular flexibility index (Phi) is 6.56. The number of nitrogens with zero attached hydrogens (tertiary/aromatic N) is 4. The van der Waals surface area contributed by atoms with E-state index in [0.29, 0.717) is 29.4 Å². The number of hydrogen-bond acceptors (Lipinski definition) is 8. The Labute approximate surface area is 222 Å². The molecule has 4 atom stereocenters. The van der Waals surface area contributed by atoms with Gasteiger partial charge in [0.15, 0.2) is 0 Å². The predicted octanol–water partition coefficient (Wildman–Crippen LogP) is 3.31. The Hall–Kier alpha value is -3.80. The molecule has 3 fully saturated rings. The van der Waals surface area contributed by atoms with Crippen molar-refractivity contribution in [1.82, 2.24) is 19.9 Å². The van der Waals surface area contributed by atoms with E-state index in [4.69, 9.17) is 25.6 Å². The Balaban J connectivity index is 1.24. The number of halogens is 1. The van der Waals surface area contributed by atoms with Crippen LogP contribution >= 0.6 is 11.6 Å². The van der Waals surface area contributed by atoms with Gasteiger partial charge in [-0.3, -0.25) is 14.5 Å². The summed E-state index contributed by atoms with van der Waals surface area (Å²) in [6.07, 6.45) is 0.294. The molecule has 196 valence electrons. The first kappa shape index (κ1) is 24.5. The predicted molar refractivity (Wildman–Crippen MR) is 134 cm³/mol. The zero-order chi connectivity index (χ0) is 26.2. The van der Waals surface area contributed by atoms with Gasteiger partial charge in [0.25, 0.3) is 0 Å². The Morgan fingerprint density at radius 3 is 2.53 bits per heavy atom. The van der Waals surface area contributed by atoms with Gasteiger partial charge in [-0.25, -0.2) is 4.79 Å². The van der Waals surface area contributed by atoms with Crippen LogP contribution in [0.15, 0.2) is 59.1 Å². The SMILES string of the molecule is O=C(CN1C(=O)N(Cc2nc(-c3ccccc3)no2)C(=O)C2CC3OCOC3CC21)Nc1ccc(Cl)cc1. The van der Waals surface area contributed by atoms with Gasteiger partial charge in [0.2, 0.25) is 23.5 Å². The number of urea groups is 1. The summed E-state index contributed by atoms with van der Waals surface area (Å²) in [4.78, 5) is 47.1. The first-order chi connectivity index (χ1) is 18.5. The number of fused-ring (bicyclic) bond motifs is 2. The molecule has 1 aliphatic carbocycles. The third-order valence-corrected chi connectivity index (χ3v) is 7.35. The fourth-order valence-electron chi connectivity index (χ4n) is 5.26. The Bertz CT molecular complexity index is 1350. The summed E-state index contributed by atoms with van der Waals surface area (Å²) in [5, 5.41) is 7.31. The fraction of sp³-hybridized carbons (Fsp3) is 0.346. The molecule has 38 heavy (non-hydrogen) atoms. The van der Waals surface area contributed by atoms with Gasteiger partial charge in [0.05, 0.1) is 18.1 Å². The minimum absolute atomic E-state index is 0.115. The third kappa shape index (κ3) is 4.75. The molecule has 3 heterocycles. The standard InChI is InChI=1S/C26H24ClN5O6/c27-16-6-8-17(9-7-16)28-22(33)12-31-19-11-21-20(36-14-37-21)10-18(19)25(34)32(26(31)35)13-23-29-24(30-38-23)15-4-2-1-3-5-15/h1-9,18-21H,10-14H2,(H,28,33). The molecule has 1 saturated carbocycles. The molecular weight excluding hydrogens is 514 g/mol. The third-order valence-electron chi connectivity index (χ3n) is 7.10. The lowest BCUT2D eigenvalue weighted by molar-refractivity contribution is -0.145. The molecule has 3 aromatic rings. The molecule has 0 radical (unpaired) electrons. The molecule has 1 aromatic heterocycles. The van der Waals surface area contributed by atoms with E-state index in [9.17, 15) is 14.4 Å². The van der Waals surface area contributed by atoms with Gasteiger partial charge in [0.1, 0.15) is 19.9 Å². The van der Waals surface area contributed by atoms with E-state index in [0.717, 1.165) is 10.5 Å². The largest absolute Gasteiger partial charge is 0.349 e. The van der Waals surface area contributed by atoms with Crippen LogP contribution in [0.4, 0.5) is 10.5 Å². The zero-order valence-corrected chi connectivity index (χ0v) is 20.9. The van der Waals surface area contributed by atoms with E-state index in [2.05, 4.69) is 15.5 Å². The van der Waals surface area contributed by atoms with Crippen LogP contribution in [-0.2, 0) is 25.6 Å². The fourth-order valence-corrected chi connectivity index (χ4v) is 5.38. The number of ether oxygens (including phenoxy) is 2. The van der Waals surface area contributed by atoms with Gasteiger partial charge < -0.3 is 24.2 Å². The minimum Gasteiger partial charge on any atom is -0.349 e. The van der Waals surface area contributed by atoms with Gasteiger partial charge in [-0.05, 0) is 37.1 Å². The van der Waals surface area contributed by atoms with E-state index in [-0.39, 0.29) is 43.9 Å². The van der Waals surface area contributed by atoms with Crippen molar-refractivity contribution in [3.8, 4) is 11.4 Å². The highest BCUT2D eigenvalue weighted by atomic mass is 35.5. The monoisotopic (exact) mass is 537 g/mol. The number of hydrogen-bond donors (Lipinski definition) is 1. The number of amides is 4. The average molecular weight is 538 g/mol. The second-order valence-electron chi connectivity index (χ2n) is 9.44. The second-order valence-corrected chi connectivity index (χ2v) is 9.88. The van der Waals surface area contributed by atoms with Crippen molar-refractivity contribution in [2.75, 3.05) is 18.7 Å². The smallest absolute Gasteiger partial charge is 0.327 e. The molecule has 12 heteroatoms. The molecule has 6 rings (SSSR count). The summed E-state index contributed by atoms with van der Waals surface area (Å²) in [6, 6.07) is 14.8. The molecule has 4 amide bonds. The van der Waals surface area contributed by atoms with Gasteiger partial charge in [-0.15, -0.1) is 0 Å². The maximum absolute atomic E-state index is 13.7. The molecule has 0 spiro atoms. The number of rotatable bonds is 6. The van der Waals surface area contributed by atoms with E-state index in [1.165, 1.54) is 4.90 Å². The lowest BCUT2D eigenvalue weighted by atomic mass is 9.78. The molecule has 1 N–H and O–H groups in total. The number of carbonyl (C=O) groups excluding carboxylic acids is 3. The zero-order valence-electron chi connectivity index (χ0n) is 20.2. The van der Waals surface area contributed by atoms with Crippen molar-refractivity contribution >= 4 is 35.1 Å². The highest BCUT2D eigenvalue weighted by molar-refractivity contribution is 6.30. The van der Waals surface area contributed by atoms with Crippen LogP contribution in [0, 0.1) is 5.92 Å². The summed E-state index contributed by atoms with van der Waals surface area (Å²) in [5.74, 6) is -0.850. The molecule has 3 aliphatic rings. The van der Waals surface area contributed by atoms with Crippen molar-refractivity contribution in [3.05, 3.63) is 65.5 Å². The number of benzene rings is 2. The second kappa shape index (κ2) is 10.2. The molecule has 2 aliphatic heterocycles. The summed E-state index contributed by atoms with van der Waals surface area (Å²) >= 11 is 5.93. The van der Waals surface area contributed by atoms with E-state index in [1.54, 1.807) is 24.3 Å². The minimum atomic E-state index is -0.598. The lowest BCUT2D eigenvalue weighted by Crippen LogP contribution is -2.65. The summed E-state index contributed by atoms with van der Waals surface area (Å²) in [7, 11) is 0. The van der Waals surface area contributed by atoms with E-state index in [1.807, 2.05) is 30.3 Å². The maximum Gasteiger partial charge on any atom is 0.327 e. The van der Waals surface area contributed by atoms with E-state index < -0.39 is 23.9 Å². The first-order valence-corrected chi connectivity index (χ1v) is 12.6. The van der Waals surface area contributed by atoms with Crippen molar-refractivity contribution in [2.24, 2.45) is 5.92 Å². The van der Waals surface area contributed by atoms with E-state index >= 15 is 0 Å². The first-order valence-electron chi connectivity index (χ1n) is 12.2. The van der Waals surface area contributed by atoms with Crippen LogP contribution in [0.5, 0.6) is 0 Å². The topological polar surface area (TPSA) is 127 Å². The molecule has 11 nitrogen and oxygen atoms in total. The van der Waals surface area contributed by atoms with Crippen LogP contribution in [0.3, 0.4) is 0 Å². The quantitative estimate of drug-likeness (QED) is 0.507. The molecule has 2 saturated heterocycles. The number of anilines is 1. The summed E-state index contributed by atoms with van der Waals surface area (Å²) in [5.41, 5.74) is 1.29. The molecular formula is C26H24ClN5O6.